The highest BCUT2D eigenvalue weighted by molar-refractivity contribution is 5.66. The number of nitrogens with zero attached hydrogens (tertiary/aromatic N) is 1. The van der Waals surface area contributed by atoms with Crippen molar-refractivity contribution in [1.29, 1.82) is 0 Å². The molecule has 0 radical (unpaired) electrons. The maximum atomic E-state index is 10.6. The summed E-state index contributed by atoms with van der Waals surface area (Å²) in [6, 6.07) is 1.21. The lowest BCUT2D eigenvalue weighted by Gasteiger charge is -2.39. The molecule has 1 saturated carbocycles. The van der Waals surface area contributed by atoms with Crippen LogP contribution in [0.15, 0.2) is 0 Å². The fourth-order valence-electron chi connectivity index (χ4n) is 3.21. The van der Waals surface area contributed by atoms with E-state index >= 15 is 0 Å². The topological polar surface area (TPSA) is 40.5 Å². The van der Waals surface area contributed by atoms with E-state index in [1.165, 1.54) is 32.1 Å². The van der Waals surface area contributed by atoms with Crippen molar-refractivity contribution in [3.63, 3.8) is 0 Å². The van der Waals surface area contributed by atoms with Gasteiger partial charge in [-0.25, -0.2) is 0 Å². The van der Waals surface area contributed by atoms with Crippen molar-refractivity contribution < 1.29 is 9.90 Å². The minimum Gasteiger partial charge on any atom is -0.481 e. The minimum absolute atomic E-state index is 0.299. The van der Waals surface area contributed by atoms with Crippen molar-refractivity contribution in [2.45, 2.75) is 77.8 Å². The first-order valence-corrected chi connectivity index (χ1v) is 7.52. The van der Waals surface area contributed by atoms with Crippen molar-refractivity contribution in [3.8, 4) is 0 Å². The number of hydrogen-bond acceptors (Lipinski definition) is 2. The number of rotatable bonds is 7. The smallest absolute Gasteiger partial charge is 0.303 e. The largest absolute Gasteiger partial charge is 0.481 e. The van der Waals surface area contributed by atoms with Gasteiger partial charge in [-0.05, 0) is 45.6 Å². The van der Waals surface area contributed by atoms with Crippen molar-refractivity contribution in [2.24, 2.45) is 5.92 Å². The third-order valence-corrected chi connectivity index (χ3v) is 4.27. The van der Waals surface area contributed by atoms with Crippen LogP contribution < -0.4 is 0 Å². The summed E-state index contributed by atoms with van der Waals surface area (Å²) in [6.45, 7) is 7.69. The molecule has 0 aliphatic heterocycles. The first-order chi connectivity index (χ1) is 8.54. The van der Waals surface area contributed by atoms with Gasteiger partial charge in [0.25, 0.3) is 0 Å². The molecule has 1 N–H and O–H groups in total. The van der Waals surface area contributed by atoms with E-state index in [4.69, 9.17) is 5.11 Å². The van der Waals surface area contributed by atoms with E-state index in [-0.39, 0.29) is 0 Å². The SMILES string of the molecule is CCC1CCCC(N(CCCC(=O)O)C(C)C)C1. The van der Waals surface area contributed by atoms with Crippen molar-refractivity contribution >= 4 is 5.97 Å². The molecule has 0 heterocycles. The zero-order valence-electron chi connectivity index (χ0n) is 12.2. The van der Waals surface area contributed by atoms with E-state index in [2.05, 4.69) is 25.7 Å². The maximum Gasteiger partial charge on any atom is 0.303 e. The molecule has 18 heavy (non-hydrogen) atoms. The number of carboxylic acid groups (broad SMARTS) is 1. The Kier molecular flexibility index (Phi) is 6.69. The summed E-state index contributed by atoms with van der Waals surface area (Å²) in [6.07, 6.45) is 7.69. The molecule has 0 aromatic carbocycles. The molecular formula is C15H29NO2. The Balaban J connectivity index is 2.47. The molecule has 1 rings (SSSR count). The molecule has 2 unspecified atom stereocenters. The summed E-state index contributed by atoms with van der Waals surface area (Å²) < 4.78 is 0. The Morgan fingerprint density at radius 1 is 1.39 bits per heavy atom. The summed E-state index contributed by atoms with van der Waals surface area (Å²) in [4.78, 5) is 13.1. The summed E-state index contributed by atoms with van der Waals surface area (Å²) in [7, 11) is 0. The van der Waals surface area contributed by atoms with Gasteiger partial charge in [-0.3, -0.25) is 9.69 Å². The monoisotopic (exact) mass is 255 g/mol. The molecule has 3 nitrogen and oxygen atoms in total. The van der Waals surface area contributed by atoms with Gasteiger partial charge in [0, 0.05) is 18.5 Å². The van der Waals surface area contributed by atoms with Gasteiger partial charge in [0.05, 0.1) is 0 Å². The quantitative estimate of drug-likeness (QED) is 0.756. The Bertz CT molecular complexity index is 253. The second kappa shape index (κ2) is 7.78. The van der Waals surface area contributed by atoms with Crippen molar-refractivity contribution in [1.82, 2.24) is 4.90 Å². The van der Waals surface area contributed by atoms with Crippen LogP contribution in [0.4, 0.5) is 0 Å². The molecule has 0 saturated heterocycles. The van der Waals surface area contributed by atoms with E-state index in [9.17, 15) is 4.79 Å². The van der Waals surface area contributed by atoms with Gasteiger partial charge < -0.3 is 5.11 Å². The second-order valence-electron chi connectivity index (χ2n) is 5.92. The molecule has 106 valence electrons. The van der Waals surface area contributed by atoms with E-state index in [0.29, 0.717) is 18.5 Å². The van der Waals surface area contributed by atoms with Gasteiger partial charge in [-0.15, -0.1) is 0 Å². The van der Waals surface area contributed by atoms with Gasteiger partial charge >= 0.3 is 5.97 Å². The van der Waals surface area contributed by atoms with Crippen LogP contribution in [0.3, 0.4) is 0 Å². The first kappa shape index (κ1) is 15.5. The molecule has 0 aromatic rings. The van der Waals surface area contributed by atoms with Gasteiger partial charge in [-0.1, -0.05) is 26.2 Å². The Morgan fingerprint density at radius 3 is 2.67 bits per heavy atom. The van der Waals surface area contributed by atoms with Crippen LogP contribution in [0.1, 0.15) is 65.7 Å². The molecule has 0 bridgehead atoms. The number of carbonyl (C=O) groups is 1. The van der Waals surface area contributed by atoms with Crippen LogP contribution in [0.5, 0.6) is 0 Å². The van der Waals surface area contributed by atoms with E-state index in [1.807, 2.05) is 0 Å². The number of hydrogen-bond donors (Lipinski definition) is 1. The Hall–Kier alpha value is -0.570. The third-order valence-electron chi connectivity index (χ3n) is 4.27. The molecule has 1 aliphatic carbocycles. The summed E-state index contributed by atoms with van der Waals surface area (Å²) in [5.41, 5.74) is 0. The zero-order chi connectivity index (χ0) is 13.5. The van der Waals surface area contributed by atoms with Crippen LogP contribution in [0, 0.1) is 5.92 Å². The predicted molar refractivity (Wildman–Crippen MR) is 74.7 cm³/mol. The van der Waals surface area contributed by atoms with Crippen molar-refractivity contribution in [2.75, 3.05) is 6.54 Å². The van der Waals surface area contributed by atoms with Crippen LogP contribution in [-0.2, 0) is 4.79 Å². The molecule has 0 spiro atoms. The lowest BCUT2D eigenvalue weighted by atomic mass is 9.83. The van der Waals surface area contributed by atoms with Gasteiger partial charge in [0.2, 0.25) is 0 Å². The molecule has 2 atom stereocenters. The second-order valence-corrected chi connectivity index (χ2v) is 5.92. The number of carboxylic acids is 1. The Morgan fingerprint density at radius 2 is 2.11 bits per heavy atom. The molecule has 0 aromatic heterocycles. The van der Waals surface area contributed by atoms with E-state index in [1.54, 1.807) is 0 Å². The lowest BCUT2D eigenvalue weighted by Crippen LogP contribution is -2.43. The fourth-order valence-corrected chi connectivity index (χ4v) is 3.21. The van der Waals surface area contributed by atoms with Crippen LogP contribution in [-0.4, -0.2) is 34.6 Å². The highest BCUT2D eigenvalue weighted by atomic mass is 16.4. The average molecular weight is 255 g/mol. The molecule has 3 heteroatoms. The van der Waals surface area contributed by atoms with Gasteiger partial charge in [0.15, 0.2) is 0 Å². The first-order valence-electron chi connectivity index (χ1n) is 7.52. The van der Waals surface area contributed by atoms with Crippen LogP contribution in [0.25, 0.3) is 0 Å². The lowest BCUT2D eigenvalue weighted by molar-refractivity contribution is -0.137. The third kappa shape index (κ3) is 4.97. The minimum atomic E-state index is -0.672. The predicted octanol–water partition coefficient (Wildman–Crippen LogP) is 3.53. The molecular weight excluding hydrogens is 226 g/mol. The van der Waals surface area contributed by atoms with Crippen LogP contribution in [0.2, 0.25) is 0 Å². The van der Waals surface area contributed by atoms with E-state index < -0.39 is 5.97 Å². The standard InChI is InChI=1S/C15H29NO2/c1-4-13-7-5-8-14(11-13)16(12(2)3)10-6-9-15(17)18/h12-14H,4-11H2,1-3H3,(H,17,18). The highest BCUT2D eigenvalue weighted by Crippen LogP contribution is 2.30. The van der Waals surface area contributed by atoms with Gasteiger partial charge in [-0.2, -0.15) is 0 Å². The van der Waals surface area contributed by atoms with Gasteiger partial charge in [0.1, 0.15) is 0 Å². The molecule has 0 amide bonds. The molecule has 1 fully saturated rings. The average Bonchev–Trinajstić information content (AvgIpc) is 2.34. The fraction of sp³-hybridized carbons (Fsp3) is 0.933. The summed E-state index contributed by atoms with van der Waals surface area (Å²) >= 11 is 0. The van der Waals surface area contributed by atoms with E-state index in [0.717, 1.165) is 18.9 Å². The highest BCUT2D eigenvalue weighted by Gasteiger charge is 2.27. The van der Waals surface area contributed by atoms with Crippen LogP contribution >= 0.6 is 0 Å². The maximum absolute atomic E-state index is 10.6. The van der Waals surface area contributed by atoms with Crippen molar-refractivity contribution in [3.05, 3.63) is 0 Å². The summed E-state index contributed by atoms with van der Waals surface area (Å²) in [5, 5.41) is 8.74. The molecule has 1 aliphatic rings. The summed E-state index contributed by atoms with van der Waals surface area (Å²) in [5.74, 6) is 0.207. The zero-order valence-corrected chi connectivity index (χ0v) is 12.2. The Labute approximate surface area is 112 Å². The number of aliphatic carboxylic acids is 1. The normalized spacial score (nSPS) is 24.7.